The summed E-state index contributed by atoms with van der Waals surface area (Å²) in [5.41, 5.74) is 2.11. The maximum absolute atomic E-state index is 11.3. The number of sulfonamides is 1. The van der Waals surface area contributed by atoms with Gasteiger partial charge in [-0.05, 0) is 42.3 Å². The van der Waals surface area contributed by atoms with E-state index in [0.717, 1.165) is 5.56 Å². The van der Waals surface area contributed by atoms with Crippen molar-refractivity contribution in [1.29, 1.82) is 5.26 Å². The van der Waals surface area contributed by atoms with Crippen LogP contribution in [-0.4, -0.2) is 24.9 Å². The highest BCUT2D eigenvalue weighted by Gasteiger charge is 2.07. The molecule has 0 aliphatic heterocycles. The van der Waals surface area contributed by atoms with E-state index in [4.69, 9.17) is 10.4 Å². The summed E-state index contributed by atoms with van der Waals surface area (Å²) in [7, 11) is -3.68. The van der Waals surface area contributed by atoms with E-state index in [1.807, 2.05) is 6.07 Å². The van der Waals surface area contributed by atoms with Crippen LogP contribution in [-0.2, 0) is 16.4 Å². The van der Waals surface area contributed by atoms with E-state index in [0.29, 0.717) is 36.0 Å². The number of nitrogens with one attached hydrogen (secondary N) is 2. The molecule has 0 atom stereocenters. The van der Waals surface area contributed by atoms with E-state index in [1.165, 1.54) is 12.1 Å². The molecule has 3 aromatic rings. The topological polar surface area (TPSA) is 134 Å². The Hall–Kier alpha value is -3.48. The van der Waals surface area contributed by atoms with E-state index in [2.05, 4.69) is 26.7 Å². The summed E-state index contributed by atoms with van der Waals surface area (Å²) >= 11 is 0. The quantitative estimate of drug-likeness (QED) is 0.560. The zero-order valence-corrected chi connectivity index (χ0v) is 15.6. The Kier molecular flexibility index (Phi) is 5.84. The van der Waals surface area contributed by atoms with Gasteiger partial charge in [0, 0.05) is 12.7 Å². The molecule has 8 nitrogen and oxygen atoms in total. The largest absolute Gasteiger partial charge is 0.370 e. The maximum Gasteiger partial charge on any atom is 0.238 e. The maximum atomic E-state index is 11.3. The number of rotatable bonds is 7. The van der Waals surface area contributed by atoms with Crippen LogP contribution >= 0.6 is 0 Å². The molecule has 2 aromatic carbocycles. The summed E-state index contributed by atoms with van der Waals surface area (Å²) in [6.45, 7) is 0.597. The number of hydrogen-bond acceptors (Lipinski definition) is 7. The van der Waals surface area contributed by atoms with Crippen molar-refractivity contribution in [3.05, 3.63) is 71.9 Å². The van der Waals surface area contributed by atoms with Crippen LogP contribution in [0.25, 0.3) is 0 Å². The van der Waals surface area contributed by atoms with E-state index >= 15 is 0 Å². The lowest BCUT2D eigenvalue weighted by atomic mass is 10.1. The van der Waals surface area contributed by atoms with Gasteiger partial charge in [0.15, 0.2) is 0 Å². The molecule has 0 fully saturated rings. The van der Waals surface area contributed by atoms with Crippen molar-refractivity contribution in [3.8, 4) is 6.07 Å². The summed E-state index contributed by atoms with van der Waals surface area (Å²) in [6.07, 6.45) is 2.29. The fraction of sp³-hybridized carbons (Fsp3) is 0.105. The van der Waals surface area contributed by atoms with Crippen LogP contribution < -0.4 is 15.8 Å². The minimum absolute atomic E-state index is 0.0911. The van der Waals surface area contributed by atoms with Gasteiger partial charge in [0.1, 0.15) is 11.9 Å². The number of primary sulfonamides is 1. The molecule has 3 rings (SSSR count). The Morgan fingerprint density at radius 1 is 1.07 bits per heavy atom. The van der Waals surface area contributed by atoms with E-state index in [9.17, 15) is 8.42 Å². The van der Waals surface area contributed by atoms with Gasteiger partial charge < -0.3 is 10.6 Å². The van der Waals surface area contributed by atoms with Gasteiger partial charge in [0.25, 0.3) is 0 Å². The lowest BCUT2D eigenvalue weighted by Gasteiger charge is -2.09. The van der Waals surface area contributed by atoms with Gasteiger partial charge in [-0.2, -0.15) is 10.2 Å². The first-order chi connectivity index (χ1) is 13.5. The molecule has 1 aromatic heterocycles. The van der Waals surface area contributed by atoms with Gasteiger partial charge in [-0.1, -0.05) is 24.3 Å². The molecular formula is C19H18N6O2S. The Morgan fingerprint density at radius 2 is 1.82 bits per heavy atom. The lowest BCUT2D eigenvalue weighted by Crippen LogP contribution is -2.12. The first kappa shape index (κ1) is 19.3. The highest BCUT2D eigenvalue weighted by molar-refractivity contribution is 7.89. The number of aromatic nitrogens is 2. The van der Waals surface area contributed by atoms with Gasteiger partial charge in [-0.25, -0.2) is 18.5 Å². The summed E-state index contributed by atoms with van der Waals surface area (Å²) < 4.78 is 22.5. The summed E-state index contributed by atoms with van der Waals surface area (Å²) in [5, 5.41) is 20.5. The smallest absolute Gasteiger partial charge is 0.238 e. The molecular weight excluding hydrogens is 376 g/mol. The van der Waals surface area contributed by atoms with Crippen LogP contribution in [0.3, 0.4) is 0 Å². The number of nitrogens with zero attached hydrogens (tertiary/aromatic N) is 3. The van der Waals surface area contributed by atoms with Gasteiger partial charge in [0.05, 0.1) is 16.1 Å². The number of benzene rings is 2. The second kappa shape index (κ2) is 8.47. The molecule has 9 heteroatoms. The summed E-state index contributed by atoms with van der Waals surface area (Å²) in [5.74, 6) is 1.01. The Labute approximate surface area is 163 Å². The monoisotopic (exact) mass is 394 g/mol. The van der Waals surface area contributed by atoms with Crippen molar-refractivity contribution in [3.63, 3.8) is 0 Å². The molecule has 0 radical (unpaired) electrons. The molecule has 0 amide bonds. The van der Waals surface area contributed by atoms with Crippen LogP contribution in [0.1, 0.15) is 11.1 Å². The second-order valence-electron chi connectivity index (χ2n) is 5.91. The minimum Gasteiger partial charge on any atom is -0.370 e. The number of nitrogens with two attached hydrogens (primary N) is 1. The molecule has 0 aliphatic carbocycles. The minimum atomic E-state index is -3.68. The summed E-state index contributed by atoms with van der Waals surface area (Å²) in [6, 6.07) is 17.4. The summed E-state index contributed by atoms with van der Waals surface area (Å²) in [4.78, 5) is 8.64. The Balaban J connectivity index is 1.60. The fourth-order valence-corrected chi connectivity index (χ4v) is 3.02. The highest BCUT2D eigenvalue weighted by atomic mass is 32.2. The molecule has 0 saturated carbocycles. The predicted octanol–water partition coefficient (Wildman–Crippen LogP) is 2.39. The molecule has 0 aliphatic rings. The van der Waals surface area contributed by atoms with E-state index in [-0.39, 0.29) is 4.90 Å². The molecule has 142 valence electrons. The van der Waals surface area contributed by atoms with Gasteiger partial charge >= 0.3 is 0 Å². The molecule has 0 spiro atoms. The number of anilines is 3. The van der Waals surface area contributed by atoms with Crippen LogP contribution in [0.2, 0.25) is 0 Å². The van der Waals surface area contributed by atoms with E-state index < -0.39 is 10.0 Å². The molecule has 0 unspecified atom stereocenters. The highest BCUT2D eigenvalue weighted by Crippen LogP contribution is 2.18. The average molecular weight is 394 g/mol. The number of para-hydroxylation sites is 1. The van der Waals surface area contributed by atoms with Crippen LogP contribution in [0.15, 0.2) is 65.7 Å². The van der Waals surface area contributed by atoms with Crippen molar-refractivity contribution in [2.24, 2.45) is 5.14 Å². The zero-order chi connectivity index (χ0) is 20.0. The van der Waals surface area contributed by atoms with Crippen molar-refractivity contribution in [2.45, 2.75) is 11.3 Å². The molecule has 4 N–H and O–H groups in total. The predicted molar refractivity (Wildman–Crippen MR) is 106 cm³/mol. The molecule has 28 heavy (non-hydrogen) atoms. The molecule has 0 bridgehead atoms. The van der Waals surface area contributed by atoms with Crippen molar-refractivity contribution < 1.29 is 8.42 Å². The first-order valence-corrected chi connectivity index (χ1v) is 9.95. The van der Waals surface area contributed by atoms with Crippen molar-refractivity contribution >= 4 is 27.5 Å². The number of hydrogen-bond donors (Lipinski definition) is 3. The van der Waals surface area contributed by atoms with Gasteiger partial charge in [0.2, 0.25) is 16.0 Å². The van der Waals surface area contributed by atoms with Gasteiger partial charge in [-0.3, -0.25) is 0 Å². The molecule has 0 saturated heterocycles. The Morgan fingerprint density at radius 3 is 2.54 bits per heavy atom. The van der Waals surface area contributed by atoms with Crippen LogP contribution in [0, 0.1) is 11.3 Å². The normalized spacial score (nSPS) is 10.9. The standard InChI is InChI=1S/C19H18N6O2S/c20-13-15-3-1-2-4-17(15)24-19-23-12-10-18(25-19)22-11-9-14-5-7-16(8-6-14)28(21,26)27/h1-8,10,12H,9,11H2,(H2,21,26,27)(H2,22,23,24,25). The third kappa shape index (κ3) is 5.03. The second-order valence-corrected chi connectivity index (χ2v) is 7.48. The first-order valence-electron chi connectivity index (χ1n) is 8.40. The number of nitriles is 1. The zero-order valence-electron chi connectivity index (χ0n) is 14.8. The SMILES string of the molecule is N#Cc1ccccc1Nc1nccc(NCCc2ccc(S(N)(=O)=O)cc2)n1. The third-order valence-electron chi connectivity index (χ3n) is 3.92. The molecule has 1 heterocycles. The van der Waals surface area contributed by atoms with Crippen LogP contribution in [0.4, 0.5) is 17.5 Å². The van der Waals surface area contributed by atoms with Crippen LogP contribution in [0.5, 0.6) is 0 Å². The fourth-order valence-electron chi connectivity index (χ4n) is 2.51. The third-order valence-corrected chi connectivity index (χ3v) is 4.85. The van der Waals surface area contributed by atoms with E-state index in [1.54, 1.807) is 42.6 Å². The Bertz CT molecular complexity index is 1110. The average Bonchev–Trinajstić information content (AvgIpc) is 2.68. The van der Waals surface area contributed by atoms with Crippen molar-refractivity contribution in [1.82, 2.24) is 9.97 Å². The van der Waals surface area contributed by atoms with Gasteiger partial charge in [-0.15, -0.1) is 0 Å². The lowest BCUT2D eigenvalue weighted by molar-refractivity contribution is 0.598. The van der Waals surface area contributed by atoms with Crippen molar-refractivity contribution in [2.75, 3.05) is 17.2 Å².